The van der Waals surface area contributed by atoms with Gasteiger partial charge in [0.05, 0.1) is 0 Å². The zero-order valence-electron chi connectivity index (χ0n) is 17.1. The molecule has 5 atom stereocenters. The molecule has 14 heteroatoms. The third-order valence-electron chi connectivity index (χ3n) is 4.35. The van der Waals surface area contributed by atoms with Crippen molar-refractivity contribution in [2.75, 3.05) is 6.61 Å². The lowest BCUT2D eigenvalue weighted by molar-refractivity contribution is -0.765. The number of aromatic nitrogens is 1. The number of esters is 1. The molecular weight excluding hydrogens is 443 g/mol. The number of ether oxygens (including phenoxy) is 2. The maximum atomic E-state index is 11.8. The summed E-state index contributed by atoms with van der Waals surface area (Å²) in [7, 11) is 0. The van der Waals surface area contributed by atoms with Crippen molar-refractivity contribution >= 4 is 17.8 Å². The molecule has 0 unspecified atom stereocenters. The Morgan fingerprint density at radius 2 is 1.84 bits per heavy atom. The van der Waals surface area contributed by atoms with Crippen LogP contribution in [0.5, 0.6) is 0 Å². The molecule has 1 aromatic rings. The summed E-state index contributed by atoms with van der Waals surface area (Å²) in [6.07, 6.45) is -6.62. The highest BCUT2D eigenvalue weighted by Crippen LogP contribution is 2.26. The van der Waals surface area contributed by atoms with Crippen LogP contribution in [-0.2, 0) is 19.1 Å². The van der Waals surface area contributed by atoms with E-state index in [9.17, 15) is 33.0 Å². The number of primary amides is 1. The summed E-state index contributed by atoms with van der Waals surface area (Å²) in [5.41, 5.74) is 11.2. The number of hydrogen-bond donors (Lipinski definition) is 4. The lowest BCUT2D eigenvalue weighted by Gasteiger charge is -2.17. The van der Waals surface area contributed by atoms with E-state index in [-0.39, 0.29) is 18.1 Å². The van der Waals surface area contributed by atoms with E-state index < -0.39 is 54.6 Å². The minimum Gasteiger partial charge on any atom is -0.542 e. The van der Waals surface area contributed by atoms with E-state index in [1.807, 2.05) is 0 Å². The average molecular weight is 467 g/mol. The van der Waals surface area contributed by atoms with Crippen LogP contribution in [0.1, 0.15) is 30.4 Å². The molecule has 1 saturated heterocycles. The zero-order valence-corrected chi connectivity index (χ0v) is 17.1. The van der Waals surface area contributed by atoms with E-state index in [1.165, 1.54) is 16.8 Å². The molecule has 1 fully saturated rings. The molecule has 0 spiro atoms. The summed E-state index contributed by atoms with van der Waals surface area (Å²) in [6.45, 7) is 3.33. The van der Waals surface area contributed by atoms with Crippen LogP contribution in [0.15, 0.2) is 24.5 Å². The quantitative estimate of drug-likeness (QED) is 0.259. The number of carboxylic acids is 1. The number of aliphatic hydroxyl groups is 2. The number of nitrogens with two attached hydrogens (primary N) is 2. The van der Waals surface area contributed by atoms with Crippen LogP contribution in [-0.4, -0.2) is 65.2 Å². The van der Waals surface area contributed by atoms with Crippen molar-refractivity contribution in [3.05, 3.63) is 30.1 Å². The molecule has 1 amide bonds. The Kier molecular flexibility index (Phi) is 9.51. The fraction of sp³-hybridized carbons (Fsp3) is 0.556. The maximum absolute atomic E-state index is 11.8. The summed E-state index contributed by atoms with van der Waals surface area (Å²) in [4.78, 5) is 31.8. The molecule has 0 radical (unpaired) electrons. The number of nitrogens with zero attached hydrogens (tertiary/aromatic N) is 1. The van der Waals surface area contributed by atoms with Crippen LogP contribution in [0.4, 0.5) is 13.2 Å². The van der Waals surface area contributed by atoms with Crippen LogP contribution in [0, 0.1) is 5.92 Å². The first kappa shape index (κ1) is 27.2. The van der Waals surface area contributed by atoms with E-state index in [0.29, 0.717) is 0 Å². The fourth-order valence-electron chi connectivity index (χ4n) is 2.44. The highest BCUT2D eigenvalue weighted by Gasteiger charge is 2.48. The zero-order chi connectivity index (χ0) is 24.8. The molecule has 2 rings (SSSR count). The molecule has 11 nitrogen and oxygen atoms in total. The standard InChI is InChI=1S/C16H23N3O6.C2HF3O2/c1-8(2)11(17)16(23)24-7-10-12(20)13(21)15(25-10)19-5-3-4-9(6-19)14(18)22;3-2(4,5)1(6)7/h3-6,8,10-13,15,20-21H,7,17H2,1-2H3,(H-,18,22);(H,6,7)/t10-,11+,12-,13-,15-;/m1./s1. The molecule has 1 aliphatic rings. The van der Waals surface area contributed by atoms with Gasteiger partial charge < -0.3 is 41.1 Å². The van der Waals surface area contributed by atoms with Crippen LogP contribution >= 0.6 is 0 Å². The summed E-state index contributed by atoms with van der Waals surface area (Å²) in [5.74, 6) is -4.33. The van der Waals surface area contributed by atoms with E-state index in [4.69, 9.17) is 30.8 Å². The highest BCUT2D eigenvalue weighted by atomic mass is 19.4. The van der Waals surface area contributed by atoms with E-state index >= 15 is 0 Å². The SMILES string of the molecule is CC(C)[C@H](N)C(=O)OC[C@H]1O[C@@H]([n+]2cccc(C(N)=O)c2)[C@H](O)[C@@H]1O.O=C([O-])C(F)(F)F. The summed E-state index contributed by atoms with van der Waals surface area (Å²) >= 11 is 0. The third-order valence-corrected chi connectivity index (χ3v) is 4.35. The van der Waals surface area contributed by atoms with Crippen molar-refractivity contribution in [1.29, 1.82) is 0 Å². The second-order valence-corrected chi connectivity index (χ2v) is 7.14. The smallest absolute Gasteiger partial charge is 0.430 e. The van der Waals surface area contributed by atoms with Gasteiger partial charge in [-0.05, 0) is 12.0 Å². The molecule has 0 aromatic carbocycles. The number of aliphatic carboxylic acids is 1. The number of halogens is 3. The van der Waals surface area contributed by atoms with Crippen LogP contribution in [0.3, 0.4) is 0 Å². The maximum Gasteiger partial charge on any atom is 0.430 e. The first-order valence-electron chi connectivity index (χ1n) is 9.19. The Bertz CT molecular complexity index is 821. The van der Waals surface area contributed by atoms with Gasteiger partial charge in [0, 0.05) is 6.07 Å². The second-order valence-electron chi connectivity index (χ2n) is 7.14. The minimum absolute atomic E-state index is 0.0904. The lowest BCUT2D eigenvalue weighted by Crippen LogP contribution is -2.46. The average Bonchev–Trinajstić information content (AvgIpc) is 2.99. The Morgan fingerprint density at radius 3 is 2.31 bits per heavy atom. The molecule has 1 aliphatic heterocycles. The van der Waals surface area contributed by atoms with Gasteiger partial charge in [0.25, 0.3) is 12.1 Å². The van der Waals surface area contributed by atoms with Gasteiger partial charge in [0.1, 0.15) is 36.4 Å². The van der Waals surface area contributed by atoms with Crippen molar-refractivity contribution in [3.63, 3.8) is 0 Å². The molecule has 0 bridgehead atoms. The van der Waals surface area contributed by atoms with E-state index in [2.05, 4.69) is 0 Å². The minimum atomic E-state index is -5.19. The molecular formula is C18H24F3N3O8. The largest absolute Gasteiger partial charge is 0.542 e. The van der Waals surface area contributed by atoms with Gasteiger partial charge in [0.15, 0.2) is 18.5 Å². The monoisotopic (exact) mass is 467 g/mol. The molecule has 32 heavy (non-hydrogen) atoms. The van der Waals surface area contributed by atoms with Crippen molar-refractivity contribution in [2.45, 2.75) is 50.6 Å². The first-order chi connectivity index (χ1) is 14.7. The first-order valence-corrected chi connectivity index (χ1v) is 9.19. The third kappa shape index (κ3) is 7.40. The number of pyridine rings is 1. The van der Waals surface area contributed by atoms with Crippen LogP contribution in [0.2, 0.25) is 0 Å². The molecule has 180 valence electrons. The van der Waals surface area contributed by atoms with Gasteiger partial charge in [-0.25, -0.2) is 0 Å². The Labute approximate surface area is 180 Å². The van der Waals surface area contributed by atoms with Crippen molar-refractivity contribution < 1.29 is 56.9 Å². The van der Waals surface area contributed by atoms with Crippen LogP contribution < -0.4 is 21.1 Å². The topological polar surface area (TPSA) is 189 Å². The number of carbonyl (C=O) groups excluding carboxylic acids is 3. The number of rotatable bonds is 6. The van der Waals surface area contributed by atoms with Gasteiger partial charge in [0.2, 0.25) is 0 Å². The number of aliphatic hydroxyl groups excluding tert-OH is 2. The Hall–Kier alpha value is -2.81. The highest BCUT2D eigenvalue weighted by molar-refractivity contribution is 5.92. The molecule has 2 heterocycles. The van der Waals surface area contributed by atoms with Crippen molar-refractivity contribution in [1.82, 2.24) is 0 Å². The van der Waals surface area contributed by atoms with Gasteiger partial charge in [-0.3, -0.25) is 9.59 Å². The second kappa shape index (κ2) is 11.2. The van der Waals surface area contributed by atoms with Gasteiger partial charge >= 0.3 is 12.1 Å². The number of carbonyl (C=O) groups is 3. The number of alkyl halides is 3. The van der Waals surface area contributed by atoms with Crippen LogP contribution in [0.25, 0.3) is 0 Å². The van der Waals surface area contributed by atoms with Gasteiger partial charge in [-0.1, -0.05) is 13.8 Å². The number of amides is 1. The number of hydrogen-bond acceptors (Lipinski definition) is 9. The molecule has 6 N–H and O–H groups in total. The summed E-state index contributed by atoms with van der Waals surface area (Å²) in [6, 6.07) is 2.31. The summed E-state index contributed by atoms with van der Waals surface area (Å²) < 4.78 is 43.6. The Morgan fingerprint density at radius 1 is 1.28 bits per heavy atom. The van der Waals surface area contributed by atoms with E-state index in [0.717, 1.165) is 0 Å². The fourth-order valence-corrected chi connectivity index (χ4v) is 2.44. The normalized spacial score (nSPS) is 23.8. The Balaban J connectivity index is 0.000000633. The molecule has 1 aromatic heterocycles. The molecule has 0 saturated carbocycles. The van der Waals surface area contributed by atoms with Gasteiger partial charge in [-0.15, -0.1) is 0 Å². The predicted molar refractivity (Wildman–Crippen MR) is 95.9 cm³/mol. The molecule has 0 aliphatic carbocycles. The van der Waals surface area contributed by atoms with Gasteiger partial charge in [-0.2, -0.15) is 17.7 Å². The summed E-state index contributed by atoms with van der Waals surface area (Å²) in [5, 5.41) is 29.1. The van der Waals surface area contributed by atoms with Crippen molar-refractivity contribution in [2.24, 2.45) is 17.4 Å². The van der Waals surface area contributed by atoms with Crippen molar-refractivity contribution in [3.8, 4) is 0 Å². The van der Waals surface area contributed by atoms with E-state index in [1.54, 1.807) is 26.1 Å². The number of carboxylic acid groups (broad SMARTS) is 1. The predicted octanol–water partition coefficient (Wildman–Crippen LogP) is -2.48. The lowest BCUT2D eigenvalue weighted by atomic mass is 10.1.